The van der Waals surface area contributed by atoms with E-state index in [0.29, 0.717) is 11.1 Å². The van der Waals surface area contributed by atoms with Crippen molar-refractivity contribution in [2.75, 3.05) is 39.6 Å². The molecule has 6 aromatic rings. The molecule has 0 spiro atoms. The molecule has 2 aromatic heterocycles. The Morgan fingerprint density at radius 3 is 1.29 bits per heavy atom. The van der Waals surface area contributed by atoms with E-state index in [1.807, 2.05) is 0 Å². The van der Waals surface area contributed by atoms with Crippen LogP contribution < -0.4 is 20.3 Å². The molecule has 4 aliphatic heterocycles. The molecule has 10 rings (SSSR count). The van der Waals surface area contributed by atoms with Crippen LogP contribution in [0.2, 0.25) is 0 Å². The summed E-state index contributed by atoms with van der Waals surface area (Å²) in [5.74, 6) is -2.09. The number of phenolic OH excluding ortho intramolecular Hbond substituents is 5. The molecule has 82 heavy (non-hydrogen) atoms. The minimum atomic E-state index is -1.95. The quantitative estimate of drug-likeness (QED) is 0.0485. The highest BCUT2D eigenvalue weighted by Crippen LogP contribution is 2.38. The molecule has 29 heteroatoms. The molecule has 0 aliphatic carbocycles. The van der Waals surface area contributed by atoms with Gasteiger partial charge in [0.25, 0.3) is 0 Å². The number of rotatable bonds is 14. The fourth-order valence-corrected chi connectivity index (χ4v) is 9.17. The summed E-state index contributed by atoms with van der Waals surface area (Å²) < 4.78 is 55.0. The highest BCUT2D eigenvalue weighted by Gasteiger charge is 2.52. The van der Waals surface area contributed by atoms with Crippen LogP contribution in [0.15, 0.2) is 91.2 Å². The van der Waals surface area contributed by atoms with Crippen molar-refractivity contribution in [1.29, 1.82) is 0 Å². The van der Waals surface area contributed by atoms with Crippen molar-refractivity contribution in [1.82, 2.24) is 0 Å². The minimum Gasteiger partial charge on any atom is -0.508 e. The monoisotopic (exact) mass is 1160 g/mol. The second-order valence-corrected chi connectivity index (χ2v) is 20.0. The van der Waals surface area contributed by atoms with Crippen LogP contribution in [0.3, 0.4) is 0 Å². The van der Waals surface area contributed by atoms with Crippen molar-refractivity contribution in [3.63, 3.8) is 0 Å². The fourth-order valence-electron chi connectivity index (χ4n) is 9.17. The number of phenols is 5. The van der Waals surface area contributed by atoms with Crippen LogP contribution in [0, 0.1) is 6.92 Å². The molecule has 444 valence electrons. The van der Waals surface area contributed by atoms with E-state index in [2.05, 4.69) is 0 Å². The molecular weight excluding hydrogens is 1100 g/mol. The van der Waals surface area contributed by atoms with Crippen LogP contribution in [-0.4, -0.2) is 224 Å². The number of aromatic hydroxyl groups is 5. The lowest BCUT2D eigenvalue weighted by Gasteiger charge is -2.40. The predicted octanol–water partition coefficient (Wildman–Crippen LogP) is -2.96. The number of ether oxygens (including phenoxy) is 8. The number of aliphatic hydroxyl groups excluding tert-OH is 10. The Kier molecular flexibility index (Phi) is 17.4. The maximum atomic E-state index is 12.8. The van der Waals surface area contributed by atoms with Crippen LogP contribution in [0.4, 0.5) is 0 Å². The van der Waals surface area contributed by atoms with Crippen LogP contribution >= 0.6 is 0 Å². The van der Waals surface area contributed by atoms with Gasteiger partial charge in [0.15, 0.2) is 34.9 Å². The maximum absolute atomic E-state index is 12.8. The van der Waals surface area contributed by atoms with E-state index in [1.54, 1.807) is 19.1 Å². The fraction of sp³-hybridized carbons (Fsp3) is 0.434. The van der Waals surface area contributed by atoms with E-state index in [0.717, 1.165) is 24.3 Å². The Balaban J connectivity index is 0.000000198. The Bertz CT molecular complexity index is 3170. The van der Waals surface area contributed by atoms with E-state index in [-0.39, 0.29) is 62.0 Å². The van der Waals surface area contributed by atoms with Gasteiger partial charge in [-0.1, -0.05) is 12.1 Å². The lowest BCUT2D eigenvalue weighted by atomic mass is 9.99. The van der Waals surface area contributed by atoms with Gasteiger partial charge in [0.1, 0.15) is 134 Å². The number of benzene rings is 4. The Labute approximate surface area is 460 Å². The van der Waals surface area contributed by atoms with Gasteiger partial charge in [0.2, 0.25) is 12.6 Å². The maximum Gasteiger partial charge on any atom is 0.229 e. The molecule has 16 atom stereocenters. The van der Waals surface area contributed by atoms with Gasteiger partial charge in [-0.25, -0.2) is 0 Å². The van der Waals surface area contributed by atoms with Gasteiger partial charge in [-0.3, -0.25) is 9.59 Å². The Morgan fingerprint density at radius 1 is 0.488 bits per heavy atom. The highest BCUT2D eigenvalue weighted by atomic mass is 16.7. The molecule has 4 aromatic carbocycles. The average Bonchev–Trinajstić information content (AvgIpc) is 4.07. The van der Waals surface area contributed by atoms with Crippen LogP contribution in [0.25, 0.3) is 44.6 Å². The smallest absolute Gasteiger partial charge is 0.229 e. The Hall–Kier alpha value is -6.82. The van der Waals surface area contributed by atoms with Crippen molar-refractivity contribution in [2.24, 2.45) is 0 Å². The topological polar surface area (TPSA) is 478 Å². The van der Waals surface area contributed by atoms with Crippen LogP contribution in [0.5, 0.6) is 40.2 Å². The summed E-state index contributed by atoms with van der Waals surface area (Å²) in [4.78, 5) is 25.5. The van der Waals surface area contributed by atoms with Crippen LogP contribution in [-0.2, 0) is 28.4 Å². The largest absolute Gasteiger partial charge is 0.508 e. The molecule has 11 unspecified atom stereocenters. The van der Waals surface area contributed by atoms with Crippen molar-refractivity contribution >= 4 is 21.9 Å². The first-order valence-corrected chi connectivity index (χ1v) is 25.0. The van der Waals surface area contributed by atoms with Gasteiger partial charge >= 0.3 is 0 Å². The number of hydrogen-bond acceptors (Lipinski definition) is 29. The summed E-state index contributed by atoms with van der Waals surface area (Å²) in [6.45, 7) is -1.71. The normalized spacial score (nSPS) is 31.9. The first-order valence-electron chi connectivity index (χ1n) is 25.0. The van der Waals surface area contributed by atoms with E-state index < -0.39 is 165 Å². The van der Waals surface area contributed by atoms with E-state index >= 15 is 0 Å². The summed E-state index contributed by atoms with van der Waals surface area (Å²) >= 11 is 0. The van der Waals surface area contributed by atoms with Crippen molar-refractivity contribution in [3.8, 4) is 62.9 Å². The zero-order valence-corrected chi connectivity index (χ0v) is 42.8. The van der Waals surface area contributed by atoms with Crippen molar-refractivity contribution in [2.45, 2.75) is 104 Å². The average molecular weight is 1160 g/mol. The molecule has 29 nitrogen and oxygen atoms in total. The standard InChI is InChI=1S/C27H30O14.C26H28O15/c1-11-2-3-12(4-14(11)29)17-7-16(31)20-15(30)5-13(6-18(20)40-17)39-25-23(34)22(33)21(32)19(41-25)8-37-26-24(35)27(36,9-28)10-38-26;27-8-26(36)9-38-25(23(26)35)37-7-18-20(32)21(33)22(34)24(41-18)39-11-4-14(30)19-15(31)6-16(40-17(19)5-11)10-1-2-12(28)13(29)3-10/h2-7,19,21-26,28-30,32-36H,8-10H2,1H3;1-6,18,20-25,27-30,32-36H,7-9H2/t;18?,20-,21?,22-,23-,24-,25?,26+/m.0/s1. The van der Waals surface area contributed by atoms with Gasteiger partial charge in [-0.15, -0.1) is 0 Å². The molecule has 0 radical (unpaired) electrons. The summed E-state index contributed by atoms with van der Waals surface area (Å²) in [6.07, 6.45) is -22.3. The number of hydrogen-bond donors (Lipinski definition) is 17. The summed E-state index contributed by atoms with van der Waals surface area (Å²) in [5.41, 5.74) is -4.07. The summed E-state index contributed by atoms with van der Waals surface area (Å²) in [6, 6.07) is 15.3. The van der Waals surface area contributed by atoms with Crippen molar-refractivity contribution < 1.29 is 134 Å². The van der Waals surface area contributed by atoms with E-state index in [4.69, 9.17) is 46.7 Å². The Morgan fingerprint density at radius 2 is 0.902 bits per heavy atom. The van der Waals surface area contributed by atoms with Gasteiger partial charge in [-0.2, -0.15) is 0 Å². The first kappa shape index (κ1) is 59.8. The third kappa shape index (κ3) is 11.9. The van der Waals surface area contributed by atoms with Gasteiger partial charge < -0.3 is 134 Å². The molecule has 17 N–H and O–H groups in total. The lowest BCUT2D eigenvalue weighted by Crippen LogP contribution is -2.60. The molecule has 0 bridgehead atoms. The third-order valence-corrected chi connectivity index (χ3v) is 14.2. The van der Waals surface area contributed by atoms with E-state index in [9.17, 15) is 96.4 Å². The highest BCUT2D eigenvalue weighted by molar-refractivity contribution is 5.87. The minimum absolute atomic E-state index is 0.00836. The predicted molar refractivity (Wildman–Crippen MR) is 271 cm³/mol. The van der Waals surface area contributed by atoms with E-state index in [1.165, 1.54) is 36.4 Å². The van der Waals surface area contributed by atoms with Gasteiger partial charge in [0, 0.05) is 47.5 Å². The second-order valence-electron chi connectivity index (χ2n) is 20.0. The molecule has 0 amide bonds. The molecule has 4 fully saturated rings. The zero-order valence-electron chi connectivity index (χ0n) is 42.8. The summed E-state index contributed by atoms with van der Waals surface area (Å²) in [5, 5.41) is 172. The third-order valence-electron chi connectivity index (χ3n) is 14.2. The number of aliphatic hydroxyl groups is 12. The number of fused-ring (bicyclic) bond motifs is 2. The summed E-state index contributed by atoms with van der Waals surface area (Å²) in [7, 11) is 0. The SMILES string of the molecule is Cc1ccc(-c2cc(=O)c3c(O)cc(OC4OC(COC5OCC(O)(CO)C5O)C(O)C(O)C4O)cc3o2)cc1O.O=c1cc(-c2ccc(O)c(O)c2)oc2cc(O[C@H]3OC(COC4OC[C@](O)(CO)[C@H]4O)[C@H](O)C(O)[C@@H]3O)cc(O)c12. The van der Waals surface area contributed by atoms with Crippen molar-refractivity contribution in [3.05, 3.63) is 98.8 Å². The van der Waals surface area contributed by atoms with Gasteiger partial charge in [-0.05, 0) is 36.8 Å². The molecule has 0 saturated carbocycles. The van der Waals surface area contributed by atoms with Gasteiger partial charge in [0.05, 0.1) is 39.6 Å². The first-order chi connectivity index (χ1) is 38.8. The molecule has 6 heterocycles. The molecular formula is C53H58O29. The molecule has 4 aliphatic rings. The lowest BCUT2D eigenvalue weighted by molar-refractivity contribution is -0.289. The second kappa shape index (κ2) is 23.8. The van der Waals surface area contributed by atoms with Crippen LogP contribution in [0.1, 0.15) is 5.56 Å². The number of aryl methyl sites for hydroxylation is 1. The molecule has 4 saturated heterocycles. The zero-order chi connectivity index (χ0) is 59.3.